The number of unbranched alkanes of at least 4 members (excludes halogenated alkanes) is 1. The topological polar surface area (TPSA) is 64.1 Å². The molecule has 0 radical (unpaired) electrons. The summed E-state index contributed by atoms with van der Waals surface area (Å²) in [5.41, 5.74) is 2.68. The van der Waals surface area contributed by atoms with Crippen LogP contribution >= 0.6 is 11.5 Å². The number of nitrogens with one attached hydrogen (secondary N) is 1. The van der Waals surface area contributed by atoms with Crippen molar-refractivity contribution in [2.75, 3.05) is 6.54 Å². The second-order valence-electron chi connectivity index (χ2n) is 6.33. The van der Waals surface area contributed by atoms with Crippen LogP contribution in [0.25, 0.3) is 0 Å². The van der Waals surface area contributed by atoms with E-state index in [-0.39, 0.29) is 5.91 Å². The van der Waals surface area contributed by atoms with E-state index >= 15 is 0 Å². The molecule has 1 aromatic heterocycles. The third-order valence-corrected chi connectivity index (χ3v) is 4.75. The van der Waals surface area contributed by atoms with Gasteiger partial charge in [0.25, 0.3) is 11.1 Å². The van der Waals surface area contributed by atoms with Crippen molar-refractivity contribution in [2.45, 2.75) is 33.1 Å². The Balaban J connectivity index is 1.68. The number of nitrogens with zero attached hydrogens (tertiary/aromatic N) is 2. The van der Waals surface area contributed by atoms with Crippen molar-refractivity contribution in [3.8, 4) is 10.9 Å². The van der Waals surface area contributed by atoms with Gasteiger partial charge in [0.15, 0.2) is 5.82 Å². The van der Waals surface area contributed by atoms with Crippen LogP contribution in [0.15, 0.2) is 48.5 Å². The molecule has 0 atom stereocenters. The Kier molecular flexibility index (Phi) is 6.54. The minimum absolute atomic E-state index is 0.0877. The molecule has 2 aromatic carbocycles. The van der Waals surface area contributed by atoms with E-state index in [0.717, 1.165) is 29.8 Å². The first kappa shape index (κ1) is 19.0. The van der Waals surface area contributed by atoms with Crippen molar-refractivity contribution < 1.29 is 9.53 Å². The van der Waals surface area contributed by atoms with E-state index in [1.165, 1.54) is 11.5 Å². The molecule has 1 N–H and O–H groups in total. The summed E-state index contributed by atoms with van der Waals surface area (Å²) in [6.45, 7) is 4.72. The van der Waals surface area contributed by atoms with E-state index in [4.69, 9.17) is 4.74 Å². The van der Waals surface area contributed by atoms with Gasteiger partial charge in [0.05, 0.1) is 0 Å². The highest BCUT2D eigenvalue weighted by atomic mass is 32.1. The zero-order chi connectivity index (χ0) is 19.1. The molecule has 0 bridgehead atoms. The second kappa shape index (κ2) is 9.28. The maximum Gasteiger partial charge on any atom is 0.298 e. The summed E-state index contributed by atoms with van der Waals surface area (Å²) in [5, 5.41) is 3.40. The maximum atomic E-state index is 12.3. The first-order valence-electron chi connectivity index (χ1n) is 9.09. The lowest BCUT2D eigenvalue weighted by Crippen LogP contribution is -2.24. The normalized spacial score (nSPS) is 10.6. The predicted octanol–water partition coefficient (Wildman–Crippen LogP) is 4.76. The lowest BCUT2D eigenvalue weighted by molar-refractivity contribution is 0.0953. The number of amides is 1. The van der Waals surface area contributed by atoms with Crippen molar-refractivity contribution in [1.29, 1.82) is 0 Å². The molecule has 0 aliphatic carbocycles. The summed E-state index contributed by atoms with van der Waals surface area (Å²) in [7, 11) is 0. The first-order chi connectivity index (χ1) is 13.2. The second-order valence-corrected chi connectivity index (χ2v) is 7.05. The van der Waals surface area contributed by atoms with Crippen LogP contribution in [0.4, 0.5) is 0 Å². The quantitative estimate of drug-likeness (QED) is 0.572. The molecule has 3 aromatic rings. The van der Waals surface area contributed by atoms with Crippen molar-refractivity contribution in [3.05, 3.63) is 71.0 Å². The number of benzene rings is 2. The van der Waals surface area contributed by atoms with Crippen LogP contribution in [0.2, 0.25) is 0 Å². The van der Waals surface area contributed by atoms with Crippen LogP contribution in [0.1, 0.15) is 47.1 Å². The molecule has 0 saturated heterocycles. The van der Waals surface area contributed by atoms with Crippen molar-refractivity contribution >= 4 is 17.4 Å². The zero-order valence-electron chi connectivity index (χ0n) is 15.6. The molecular weight excluding hydrogens is 358 g/mol. The highest BCUT2D eigenvalue weighted by Gasteiger charge is 2.12. The average Bonchev–Trinajstić information content (AvgIpc) is 3.11. The van der Waals surface area contributed by atoms with Gasteiger partial charge in [0, 0.05) is 30.1 Å². The summed E-state index contributed by atoms with van der Waals surface area (Å²) in [6, 6.07) is 15.5. The molecule has 5 nitrogen and oxygen atoms in total. The Morgan fingerprint density at radius 2 is 2.00 bits per heavy atom. The lowest BCUT2D eigenvalue weighted by Gasteiger charge is -2.09. The third-order valence-electron chi connectivity index (χ3n) is 4.12. The first-order valence-corrected chi connectivity index (χ1v) is 9.86. The van der Waals surface area contributed by atoms with Crippen LogP contribution in [-0.2, 0) is 6.42 Å². The highest BCUT2D eigenvalue weighted by Crippen LogP contribution is 2.28. The number of hydrogen-bond acceptors (Lipinski definition) is 5. The number of aromatic nitrogens is 2. The van der Waals surface area contributed by atoms with E-state index in [9.17, 15) is 4.79 Å². The summed E-state index contributed by atoms with van der Waals surface area (Å²) in [5.74, 6) is 1.27. The van der Waals surface area contributed by atoms with Gasteiger partial charge in [-0.3, -0.25) is 4.79 Å². The van der Waals surface area contributed by atoms with Gasteiger partial charge in [-0.25, -0.2) is 0 Å². The Morgan fingerprint density at radius 1 is 1.19 bits per heavy atom. The Morgan fingerprint density at radius 3 is 2.78 bits per heavy atom. The number of rotatable bonds is 8. The Bertz CT molecular complexity index is 893. The maximum absolute atomic E-state index is 12.3. The van der Waals surface area contributed by atoms with E-state index < -0.39 is 0 Å². The van der Waals surface area contributed by atoms with Gasteiger partial charge in [-0.15, -0.1) is 0 Å². The summed E-state index contributed by atoms with van der Waals surface area (Å²) < 4.78 is 10.3. The number of ether oxygens (including phenoxy) is 1. The van der Waals surface area contributed by atoms with Crippen LogP contribution in [0, 0.1) is 6.92 Å². The lowest BCUT2D eigenvalue weighted by atomic mass is 10.1. The molecule has 0 aliphatic rings. The molecule has 3 rings (SSSR count). The van der Waals surface area contributed by atoms with Gasteiger partial charge in [-0.2, -0.15) is 9.36 Å². The van der Waals surface area contributed by atoms with Crippen molar-refractivity contribution in [3.63, 3.8) is 0 Å². The van der Waals surface area contributed by atoms with Crippen molar-refractivity contribution in [1.82, 2.24) is 14.7 Å². The molecule has 0 aliphatic heterocycles. The van der Waals surface area contributed by atoms with Gasteiger partial charge in [-0.1, -0.05) is 49.7 Å². The van der Waals surface area contributed by atoms with Crippen LogP contribution < -0.4 is 10.1 Å². The smallest absolute Gasteiger partial charge is 0.298 e. The number of aryl methyl sites for hydroxylation is 1. The summed E-state index contributed by atoms with van der Waals surface area (Å²) in [4.78, 5) is 16.7. The molecule has 0 spiro atoms. The molecule has 1 amide bonds. The van der Waals surface area contributed by atoms with E-state index in [1.807, 2.05) is 49.4 Å². The molecule has 27 heavy (non-hydrogen) atoms. The van der Waals surface area contributed by atoms with Crippen LogP contribution in [-0.4, -0.2) is 21.8 Å². The molecule has 0 saturated carbocycles. The van der Waals surface area contributed by atoms with E-state index in [0.29, 0.717) is 29.5 Å². The van der Waals surface area contributed by atoms with Gasteiger partial charge in [-0.05, 0) is 36.6 Å². The van der Waals surface area contributed by atoms with Gasteiger partial charge < -0.3 is 10.1 Å². The monoisotopic (exact) mass is 381 g/mol. The SMILES string of the molecule is CCCCNC(=O)c1ccc(C)c(Oc2nc(Cc3ccccc3)ns2)c1. The molecule has 0 fully saturated rings. The fraction of sp³-hybridized carbons (Fsp3) is 0.286. The van der Waals surface area contributed by atoms with Crippen molar-refractivity contribution in [2.24, 2.45) is 0 Å². The molecule has 140 valence electrons. The molecular formula is C21H23N3O2S. The largest absolute Gasteiger partial charge is 0.430 e. The third kappa shape index (κ3) is 5.37. The minimum Gasteiger partial charge on any atom is -0.430 e. The standard InChI is InChI=1S/C21H23N3O2S/c1-3-4-12-22-20(25)17-11-10-15(2)18(14-17)26-21-23-19(24-27-21)13-16-8-6-5-7-9-16/h5-11,14H,3-4,12-13H2,1-2H3,(H,22,25). The van der Waals surface area contributed by atoms with Gasteiger partial charge >= 0.3 is 0 Å². The minimum atomic E-state index is -0.0877. The highest BCUT2D eigenvalue weighted by molar-refractivity contribution is 7.07. The fourth-order valence-electron chi connectivity index (χ4n) is 2.56. The Labute approximate surface area is 163 Å². The molecule has 6 heteroatoms. The fourth-order valence-corrected chi connectivity index (χ4v) is 3.12. The Hall–Kier alpha value is -2.73. The van der Waals surface area contributed by atoms with Gasteiger partial charge in [0.1, 0.15) is 5.75 Å². The number of carbonyl (C=O) groups is 1. The number of carbonyl (C=O) groups excluding carboxylic acids is 1. The van der Waals surface area contributed by atoms with Crippen LogP contribution in [0.3, 0.4) is 0 Å². The summed E-state index contributed by atoms with van der Waals surface area (Å²) in [6.07, 6.45) is 2.68. The predicted molar refractivity (Wildman–Crippen MR) is 108 cm³/mol. The number of hydrogen-bond donors (Lipinski definition) is 1. The van der Waals surface area contributed by atoms with E-state index in [1.54, 1.807) is 6.07 Å². The average molecular weight is 382 g/mol. The zero-order valence-corrected chi connectivity index (χ0v) is 16.4. The van der Waals surface area contributed by atoms with E-state index in [2.05, 4.69) is 21.6 Å². The van der Waals surface area contributed by atoms with Gasteiger partial charge in [0.2, 0.25) is 0 Å². The van der Waals surface area contributed by atoms with Crippen LogP contribution in [0.5, 0.6) is 10.9 Å². The summed E-state index contributed by atoms with van der Waals surface area (Å²) >= 11 is 1.22. The molecule has 1 heterocycles. The molecule has 0 unspecified atom stereocenters.